The summed E-state index contributed by atoms with van der Waals surface area (Å²) in [5.74, 6) is 2.45. The van der Waals surface area contributed by atoms with Gasteiger partial charge in [0.25, 0.3) is 17.7 Å². The van der Waals surface area contributed by atoms with Crippen molar-refractivity contribution in [1.29, 1.82) is 0 Å². The van der Waals surface area contributed by atoms with Crippen molar-refractivity contribution < 1.29 is 66.7 Å². The summed E-state index contributed by atoms with van der Waals surface area (Å²) in [7, 11) is 0. The molecule has 0 atom stereocenters. The molecule has 0 radical (unpaired) electrons. The van der Waals surface area contributed by atoms with E-state index in [9.17, 15) is 28.8 Å². The Balaban J connectivity index is 0.000000185. The van der Waals surface area contributed by atoms with Crippen molar-refractivity contribution in [2.75, 3.05) is 55.6 Å². The number of carbonyl (C=O) groups is 6. The van der Waals surface area contributed by atoms with Gasteiger partial charge < -0.3 is 53.8 Å². The Bertz CT molecular complexity index is 4290. The molecule has 0 fully saturated rings. The monoisotopic (exact) mass is 1310 g/mol. The van der Waals surface area contributed by atoms with E-state index < -0.39 is 17.9 Å². The van der Waals surface area contributed by atoms with Gasteiger partial charge in [-0.1, -0.05) is 68.3 Å². The highest BCUT2D eigenvalue weighted by atomic mass is 32.1. The van der Waals surface area contributed by atoms with Crippen LogP contribution in [0.25, 0.3) is 20.8 Å². The van der Waals surface area contributed by atoms with Gasteiger partial charge in [0.05, 0.1) is 10.2 Å². The molecule has 10 aromatic rings. The van der Waals surface area contributed by atoms with Crippen LogP contribution in [0.15, 0.2) is 261 Å². The van der Waals surface area contributed by atoms with Gasteiger partial charge in [-0.3, -0.25) is 14.4 Å². The Morgan fingerprint density at radius 3 is 1.16 bits per heavy atom. The SMILES string of the molecule is C=C(C)C(=O)OCCOc1ccc(C(=O)Nc2ccc(-c3nc4ccc(C)cc4s3)cc2)cc1.C=C(C)C(=O)OCCOc1ccc(C(=O)Nc2ccc(Oc3ccccc3)cc2)cc1.C=C(C)C(=O)OCCOc1ccc(C(=O)Nc2cccc(Oc3ccccc3)c2)cc1. The predicted octanol–water partition coefficient (Wildman–Crippen LogP) is 16.5. The Morgan fingerprint density at radius 1 is 0.375 bits per heavy atom. The maximum atomic E-state index is 12.6. The smallest absolute Gasteiger partial charge is 0.333 e. The molecular weight excluding hydrogens is 1240 g/mol. The number of esters is 3. The van der Waals surface area contributed by atoms with Crippen molar-refractivity contribution >= 4 is 74.2 Å². The second-order valence-electron chi connectivity index (χ2n) is 21.2. The van der Waals surface area contributed by atoms with Crippen LogP contribution in [0.5, 0.6) is 40.2 Å². The molecule has 18 nitrogen and oxygen atoms in total. The molecule has 0 aliphatic carbocycles. The third-order valence-corrected chi connectivity index (χ3v) is 14.3. The Morgan fingerprint density at radius 2 is 0.740 bits per heavy atom. The Labute approximate surface area is 560 Å². The fourth-order valence-electron chi connectivity index (χ4n) is 8.31. The number of rotatable bonds is 26. The molecule has 0 saturated carbocycles. The van der Waals surface area contributed by atoms with Crippen molar-refractivity contribution in [2.45, 2.75) is 27.7 Å². The van der Waals surface area contributed by atoms with Crippen LogP contribution >= 0.6 is 11.3 Å². The van der Waals surface area contributed by atoms with Crippen molar-refractivity contribution in [3.05, 3.63) is 283 Å². The van der Waals surface area contributed by atoms with Gasteiger partial charge in [-0.2, -0.15) is 0 Å². The molecule has 9 aromatic carbocycles. The lowest BCUT2D eigenvalue weighted by atomic mass is 10.2. The van der Waals surface area contributed by atoms with Crippen molar-refractivity contribution in [2.24, 2.45) is 0 Å². The van der Waals surface area contributed by atoms with Gasteiger partial charge in [0.15, 0.2) is 0 Å². The molecular formula is C77H70N4O14S. The molecule has 3 amide bonds. The summed E-state index contributed by atoms with van der Waals surface area (Å²) in [4.78, 5) is 76.2. The number of ether oxygens (including phenoxy) is 8. The Kier molecular flexibility index (Phi) is 25.9. The molecule has 0 bridgehead atoms. The maximum Gasteiger partial charge on any atom is 0.333 e. The number of fused-ring (bicyclic) bond motifs is 1. The van der Waals surface area contributed by atoms with Gasteiger partial charge in [-0.15, -0.1) is 11.3 Å². The third-order valence-electron chi connectivity index (χ3n) is 13.2. The highest BCUT2D eigenvalue weighted by Crippen LogP contribution is 2.32. The number of nitrogens with one attached hydrogen (secondary N) is 3. The van der Waals surface area contributed by atoms with Gasteiger partial charge in [0.2, 0.25) is 0 Å². The fourth-order valence-corrected chi connectivity index (χ4v) is 9.38. The number of hydrogen-bond donors (Lipinski definition) is 3. The van der Waals surface area contributed by atoms with Gasteiger partial charge in [0.1, 0.15) is 84.9 Å². The van der Waals surface area contributed by atoms with Crippen LogP contribution < -0.4 is 39.6 Å². The van der Waals surface area contributed by atoms with Crippen molar-refractivity contribution in [1.82, 2.24) is 4.98 Å². The maximum absolute atomic E-state index is 12.6. The number of benzene rings is 9. The van der Waals surface area contributed by atoms with E-state index in [0.717, 1.165) is 32.3 Å². The molecule has 3 N–H and O–H groups in total. The van der Waals surface area contributed by atoms with Crippen LogP contribution in [-0.4, -0.2) is 80.3 Å². The number of thiazole rings is 1. The van der Waals surface area contributed by atoms with E-state index in [1.165, 1.54) is 5.56 Å². The van der Waals surface area contributed by atoms with Crippen LogP contribution in [-0.2, 0) is 28.6 Å². The number of anilines is 3. The number of carbonyl (C=O) groups excluding carboxylic acids is 6. The minimum atomic E-state index is -0.450. The number of aryl methyl sites for hydroxylation is 1. The second kappa shape index (κ2) is 35.7. The first-order valence-corrected chi connectivity index (χ1v) is 31.0. The first-order chi connectivity index (χ1) is 46.4. The summed E-state index contributed by atoms with van der Waals surface area (Å²) in [5, 5.41) is 9.55. The molecule has 10 rings (SSSR count). The summed E-state index contributed by atoms with van der Waals surface area (Å²) in [6.07, 6.45) is 0. The molecule has 0 spiro atoms. The molecule has 0 aliphatic heterocycles. The number of aromatic nitrogens is 1. The molecule has 96 heavy (non-hydrogen) atoms. The van der Waals surface area contributed by atoms with Crippen molar-refractivity contribution in [3.63, 3.8) is 0 Å². The molecule has 19 heteroatoms. The lowest BCUT2D eigenvalue weighted by molar-refractivity contribution is -0.140. The van der Waals surface area contributed by atoms with E-state index in [4.69, 9.17) is 42.9 Å². The quantitative estimate of drug-likeness (QED) is 0.0198. The minimum Gasteiger partial charge on any atom is -0.490 e. The summed E-state index contributed by atoms with van der Waals surface area (Å²) in [5.41, 5.74) is 7.69. The second-order valence-corrected chi connectivity index (χ2v) is 22.2. The number of amides is 3. The average molecular weight is 1310 g/mol. The lowest BCUT2D eigenvalue weighted by Gasteiger charge is -2.10. The number of para-hydroxylation sites is 2. The highest BCUT2D eigenvalue weighted by Gasteiger charge is 2.14. The molecule has 0 saturated heterocycles. The van der Waals surface area contributed by atoms with Crippen LogP contribution in [0.2, 0.25) is 0 Å². The average Bonchev–Trinajstić information content (AvgIpc) is 1.70. The molecule has 0 aliphatic rings. The standard InChI is InChI=1S/C27H24N2O4S.2C25H23NO5/c1-17(2)27(31)33-15-14-32-22-11-7-19(8-12-22)25(30)28-21-9-5-20(6-10-21)26-29-23-13-4-18(3)16-24(23)34-26;1-18(2)25(28)30-16-15-29-21-13-11-19(12-14-21)24(27)26-20-7-6-10-23(17-20)31-22-8-4-3-5-9-22;1-18(2)25(28)30-17-16-29-21-12-8-19(9-13-21)24(27)26-20-10-14-23(15-11-20)31-22-6-4-3-5-7-22/h4-13,16H,1,14-15H2,2-3H3,(H,28,30);3-14,17H,1,15-16H2,2H3,(H,26,27);3-15H,1,16-17H2,2H3,(H,26,27). The molecule has 0 unspecified atom stereocenters. The topological polar surface area (TPSA) is 225 Å². The Hall–Kier alpha value is -12.1. The largest absolute Gasteiger partial charge is 0.490 e. The van der Waals surface area contributed by atoms with Crippen LogP contribution in [0, 0.1) is 6.92 Å². The third kappa shape index (κ3) is 22.6. The first-order valence-electron chi connectivity index (χ1n) is 30.2. The first kappa shape index (κ1) is 69.8. The van der Waals surface area contributed by atoms with E-state index in [2.05, 4.69) is 54.7 Å². The predicted molar refractivity (Wildman–Crippen MR) is 373 cm³/mol. The van der Waals surface area contributed by atoms with Gasteiger partial charge in [0, 0.05) is 62.1 Å². The van der Waals surface area contributed by atoms with Crippen LogP contribution in [0.4, 0.5) is 17.1 Å². The van der Waals surface area contributed by atoms with Crippen molar-refractivity contribution in [3.8, 4) is 50.8 Å². The van der Waals surface area contributed by atoms with Gasteiger partial charge in [-0.05, 0) is 203 Å². The van der Waals surface area contributed by atoms with E-state index in [-0.39, 0.29) is 57.4 Å². The highest BCUT2D eigenvalue weighted by molar-refractivity contribution is 7.21. The molecule has 488 valence electrons. The van der Waals surface area contributed by atoms with E-state index >= 15 is 0 Å². The zero-order valence-electron chi connectivity index (χ0n) is 53.3. The zero-order chi connectivity index (χ0) is 68.2. The molecule has 1 aromatic heterocycles. The zero-order valence-corrected chi connectivity index (χ0v) is 54.1. The van der Waals surface area contributed by atoms with E-state index in [1.807, 2.05) is 103 Å². The van der Waals surface area contributed by atoms with E-state index in [0.29, 0.717) is 79.2 Å². The fraction of sp³-hybridized carbons (Fsp3) is 0.130. The summed E-state index contributed by atoms with van der Waals surface area (Å²) >= 11 is 1.65. The van der Waals surface area contributed by atoms with Gasteiger partial charge in [-0.25, -0.2) is 19.4 Å². The van der Waals surface area contributed by atoms with Gasteiger partial charge >= 0.3 is 17.9 Å². The number of hydrogen-bond acceptors (Lipinski definition) is 16. The summed E-state index contributed by atoms with van der Waals surface area (Å²) in [6, 6.07) is 67.3. The number of nitrogens with zero attached hydrogens (tertiary/aromatic N) is 1. The minimum absolute atomic E-state index is 0.120. The van der Waals surface area contributed by atoms with E-state index in [1.54, 1.807) is 141 Å². The normalized spacial score (nSPS) is 10.3. The summed E-state index contributed by atoms with van der Waals surface area (Å²) in [6.45, 7) is 18.4. The molecule has 1 heterocycles. The van der Waals surface area contributed by atoms with Crippen LogP contribution in [0.3, 0.4) is 0 Å². The lowest BCUT2D eigenvalue weighted by Crippen LogP contribution is -2.13. The summed E-state index contributed by atoms with van der Waals surface area (Å²) < 4.78 is 44.1. The van der Waals surface area contributed by atoms with Crippen LogP contribution in [0.1, 0.15) is 57.4 Å².